The molecule has 0 aromatic heterocycles. The molecule has 2 amide bonds. The molecule has 44 heavy (non-hydrogen) atoms. The van der Waals surface area contributed by atoms with Crippen LogP contribution >= 0.6 is 0 Å². The summed E-state index contributed by atoms with van der Waals surface area (Å²) in [5.41, 5.74) is 0. The number of nitrogens with one attached hydrogen (secondary N) is 2. The van der Waals surface area contributed by atoms with E-state index in [1.54, 1.807) is 9.80 Å². The van der Waals surface area contributed by atoms with Gasteiger partial charge in [-0.1, -0.05) is 0 Å². The fraction of sp³-hybridized carbons (Fsp3) is 0.727. The summed E-state index contributed by atoms with van der Waals surface area (Å²) in [7, 11) is 0. The van der Waals surface area contributed by atoms with E-state index in [2.05, 4.69) is 0 Å². The van der Waals surface area contributed by atoms with Crippen molar-refractivity contribution < 1.29 is 144 Å². The van der Waals surface area contributed by atoms with Gasteiger partial charge in [-0.15, -0.1) is 0 Å². The fourth-order valence-corrected chi connectivity index (χ4v) is 3.21. The Morgan fingerprint density at radius 3 is 0.909 bits per heavy atom. The molecular formula is C22H32Li4N4O14. The number of carboxylic acids is 4. The van der Waals surface area contributed by atoms with Crippen molar-refractivity contribution in [1.29, 1.82) is 0 Å². The molecule has 0 bridgehead atoms. The van der Waals surface area contributed by atoms with Gasteiger partial charge in [0.25, 0.3) is 0 Å². The van der Waals surface area contributed by atoms with E-state index in [0.29, 0.717) is 0 Å². The van der Waals surface area contributed by atoms with E-state index >= 15 is 0 Å². The van der Waals surface area contributed by atoms with Crippen molar-refractivity contribution in [3.05, 3.63) is 0 Å². The number of carbonyl (C=O) groups excluding carboxylic acids is 6. The molecule has 0 aromatic carbocycles. The first-order chi connectivity index (χ1) is 19.0. The van der Waals surface area contributed by atoms with Crippen molar-refractivity contribution >= 4 is 35.7 Å². The summed E-state index contributed by atoms with van der Waals surface area (Å²) in [5.74, 6) is -9.78. The Kier molecular flexibility index (Phi) is 33.3. The molecule has 0 aromatic rings. The Hall–Kier alpha value is -1.03. The topological polar surface area (TPSA) is 262 Å². The third-order valence-corrected chi connectivity index (χ3v) is 5.24. The van der Waals surface area contributed by atoms with Gasteiger partial charge in [-0.3, -0.25) is 19.4 Å². The van der Waals surface area contributed by atoms with Crippen LogP contribution in [0.15, 0.2) is 0 Å². The van der Waals surface area contributed by atoms with Gasteiger partial charge in [-0.05, 0) is 0 Å². The molecule has 0 unspecified atom stereocenters. The number of amides is 2. The molecule has 0 aliphatic carbocycles. The Bertz CT molecular complexity index is 761. The maximum Gasteiger partial charge on any atom is 1.00 e. The molecule has 0 spiro atoms. The van der Waals surface area contributed by atoms with E-state index in [4.69, 9.17) is 18.9 Å². The largest absolute Gasteiger partial charge is 1.00 e. The van der Waals surface area contributed by atoms with E-state index in [1.807, 2.05) is 10.6 Å². The zero-order valence-corrected chi connectivity index (χ0v) is 25.7. The van der Waals surface area contributed by atoms with E-state index < -0.39 is 47.8 Å². The maximum atomic E-state index is 12.1. The van der Waals surface area contributed by atoms with Gasteiger partial charge < -0.3 is 69.2 Å². The van der Waals surface area contributed by atoms with Crippen molar-refractivity contribution in [2.24, 2.45) is 0 Å². The molecule has 1 fully saturated rings. The molecule has 2 N–H and O–H groups in total. The third kappa shape index (κ3) is 23.3. The number of hydrogen-bond acceptors (Lipinski definition) is 16. The van der Waals surface area contributed by atoms with E-state index in [9.17, 15) is 49.2 Å². The summed E-state index contributed by atoms with van der Waals surface area (Å²) in [4.78, 5) is 70.7. The second-order valence-electron chi connectivity index (χ2n) is 8.28. The summed E-state index contributed by atoms with van der Waals surface area (Å²) < 4.78 is 21.8. The number of carbonyl (C=O) groups is 6. The van der Waals surface area contributed by atoms with Crippen molar-refractivity contribution in [3.8, 4) is 0 Å². The summed E-state index contributed by atoms with van der Waals surface area (Å²) in [5, 5.41) is 47.0. The maximum absolute atomic E-state index is 12.1. The monoisotopic (exact) mass is 604 g/mol. The molecule has 1 aliphatic rings. The van der Waals surface area contributed by atoms with Crippen LogP contribution in [0.5, 0.6) is 0 Å². The Morgan fingerprint density at radius 2 is 0.705 bits per heavy atom. The molecule has 228 valence electrons. The number of aliphatic carboxylic acids is 4. The number of carboxylic acid groups (broad SMARTS) is 4. The Labute approximate surface area is 302 Å². The summed E-state index contributed by atoms with van der Waals surface area (Å²) in [6.07, 6.45) is 0. The average molecular weight is 604 g/mol. The molecule has 1 rings (SSSR count). The second-order valence-corrected chi connectivity index (χ2v) is 8.28. The van der Waals surface area contributed by atoms with Gasteiger partial charge in [0.05, 0.1) is 89.8 Å². The Morgan fingerprint density at radius 1 is 0.477 bits per heavy atom. The third-order valence-electron chi connectivity index (χ3n) is 5.24. The predicted molar refractivity (Wildman–Crippen MR) is 120 cm³/mol. The second kappa shape index (κ2) is 29.4. The van der Waals surface area contributed by atoms with Crippen molar-refractivity contribution in [3.63, 3.8) is 0 Å². The molecule has 18 nitrogen and oxygen atoms in total. The molecular weight excluding hydrogens is 572 g/mol. The molecule has 1 aliphatic heterocycles. The van der Waals surface area contributed by atoms with Crippen LogP contribution in [-0.2, 0) is 47.7 Å². The minimum Gasteiger partial charge on any atom is -0.547 e. The normalized spacial score (nSPS) is 16.2. The number of rotatable bonds is 10. The zero-order chi connectivity index (χ0) is 29.9. The summed E-state index contributed by atoms with van der Waals surface area (Å²) in [6, 6.07) is -4.58. The van der Waals surface area contributed by atoms with Crippen LogP contribution in [-0.4, -0.2) is 150 Å². The molecule has 22 heteroatoms. The molecule has 1 heterocycles. The van der Waals surface area contributed by atoms with Gasteiger partial charge in [0, 0.05) is 26.2 Å². The van der Waals surface area contributed by atoms with E-state index in [1.165, 1.54) is 0 Å². The van der Waals surface area contributed by atoms with Gasteiger partial charge in [0.2, 0.25) is 11.8 Å². The molecule has 0 saturated carbocycles. The van der Waals surface area contributed by atoms with Crippen LogP contribution in [0.2, 0.25) is 0 Å². The fourth-order valence-electron chi connectivity index (χ4n) is 3.21. The SMILES string of the molecule is O=C(CN1CCOCCOCCN(CC(=O)NC(C(=O)[O-])C(=O)[O-])CCOCCOCC1)NC(C(=O)[O-])C(=O)[O-].[Li+].[Li+].[Li+].[Li+]. The van der Waals surface area contributed by atoms with Crippen LogP contribution in [0.25, 0.3) is 0 Å². The standard InChI is InChI=1S/C22H36N4O14.4Li/c27-15(23-17(19(29)30)20(31)32)13-25-1-5-37-9-10-39-7-3-26(4-8-40-12-11-38-6-2-25)14-16(28)24-18(21(33)34)22(35)36;;;;/h17-18H,1-14H2,(H,23,27)(H,24,28)(H,29,30)(H,31,32)(H,33,34)(H,35,36);;;;/q;4*+1/p-4. The van der Waals surface area contributed by atoms with Gasteiger partial charge in [0.15, 0.2) is 0 Å². The quantitative estimate of drug-likeness (QED) is 0.173. The van der Waals surface area contributed by atoms with E-state index in [-0.39, 0.29) is 168 Å². The minimum absolute atomic E-state index is 0. The minimum atomic E-state index is -2.29. The number of ether oxygens (including phenoxy) is 4. The number of nitrogens with zero attached hydrogens (tertiary/aromatic N) is 2. The first-order valence-corrected chi connectivity index (χ1v) is 12.2. The van der Waals surface area contributed by atoms with Crippen LogP contribution < -0.4 is 107 Å². The van der Waals surface area contributed by atoms with Gasteiger partial charge in [-0.2, -0.15) is 0 Å². The average Bonchev–Trinajstić information content (AvgIpc) is 2.87. The first-order valence-electron chi connectivity index (χ1n) is 12.2. The van der Waals surface area contributed by atoms with Crippen LogP contribution in [0.4, 0.5) is 0 Å². The predicted octanol–water partition coefficient (Wildman–Crippen LogP) is -21.3. The van der Waals surface area contributed by atoms with Crippen LogP contribution in [0.1, 0.15) is 0 Å². The van der Waals surface area contributed by atoms with Crippen LogP contribution in [0.3, 0.4) is 0 Å². The molecule has 0 radical (unpaired) electrons. The van der Waals surface area contributed by atoms with Crippen molar-refractivity contribution in [2.45, 2.75) is 12.1 Å². The molecule has 1 saturated heterocycles. The van der Waals surface area contributed by atoms with Crippen molar-refractivity contribution in [1.82, 2.24) is 20.4 Å². The Balaban J connectivity index is -0.00000200. The van der Waals surface area contributed by atoms with Gasteiger partial charge in [0.1, 0.15) is 12.1 Å². The first kappa shape index (κ1) is 49.8. The van der Waals surface area contributed by atoms with Crippen LogP contribution in [0, 0.1) is 0 Å². The number of hydrogen-bond donors (Lipinski definition) is 2. The van der Waals surface area contributed by atoms with Crippen molar-refractivity contribution in [2.75, 3.05) is 92.1 Å². The van der Waals surface area contributed by atoms with E-state index in [0.717, 1.165) is 0 Å². The van der Waals surface area contributed by atoms with Gasteiger partial charge >= 0.3 is 75.4 Å². The zero-order valence-electron chi connectivity index (χ0n) is 25.7. The smallest absolute Gasteiger partial charge is 0.547 e. The summed E-state index contributed by atoms with van der Waals surface area (Å²) >= 11 is 0. The summed E-state index contributed by atoms with van der Waals surface area (Å²) in [6.45, 7) is 1.43. The molecule has 0 atom stereocenters. The van der Waals surface area contributed by atoms with Gasteiger partial charge in [-0.25, -0.2) is 0 Å².